The first-order chi connectivity index (χ1) is 7.36. The lowest BCUT2D eigenvalue weighted by molar-refractivity contribution is 0.340. The zero-order chi connectivity index (χ0) is 10.9. The van der Waals surface area contributed by atoms with Crippen LogP contribution in [0.2, 0.25) is 0 Å². The third-order valence-corrected chi connectivity index (χ3v) is 2.39. The molecule has 2 nitrogen and oxygen atoms in total. The quantitative estimate of drug-likeness (QED) is 0.549. The molecule has 0 bridgehead atoms. The topological polar surface area (TPSA) is 21.3 Å². The molecule has 0 heterocycles. The van der Waals surface area contributed by atoms with Crippen molar-refractivity contribution in [1.29, 1.82) is 0 Å². The molecule has 0 radical (unpaired) electrons. The molecule has 0 aliphatic heterocycles. The van der Waals surface area contributed by atoms with E-state index in [1.54, 1.807) is 0 Å². The van der Waals surface area contributed by atoms with Crippen molar-refractivity contribution in [3.63, 3.8) is 0 Å². The monoisotopic (exact) mass is 225 g/mol. The minimum Gasteiger partial charge on any atom is -0.494 e. The van der Waals surface area contributed by atoms with Gasteiger partial charge in [0.25, 0.3) is 0 Å². The van der Waals surface area contributed by atoms with E-state index in [9.17, 15) is 0 Å². The van der Waals surface area contributed by atoms with Crippen molar-refractivity contribution in [2.45, 2.75) is 19.9 Å². The standard InChI is InChI=1S/C12H19NOS/c1-2-14-12-6-4-11(5-7-12)10-13-8-3-9-15/h4-7,13,15H,2-3,8-10H2,1H3. The van der Waals surface area contributed by atoms with Gasteiger partial charge in [-0.1, -0.05) is 12.1 Å². The molecule has 84 valence electrons. The average Bonchev–Trinajstić information content (AvgIpc) is 2.27. The van der Waals surface area contributed by atoms with Crippen LogP contribution < -0.4 is 10.1 Å². The Morgan fingerprint density at radius 2 is 2.00 bits per heavy atom. The zero-order valence-electron chi connectivity index (χ0n) is 9.20. The maximum absolute atomic E-state index is 5.37. The second-order valence-corrected chi connectivity index (χ2v) is 3.78. The van der Waals surface area contributed by atoms with Gasteiger partial charge in [0.1, 0.15) is 5.75 Å². The minimum absolute atomic E-state index is 0.722. The predicted molar refractivity (Wildman–Crippen MR) is 67.8 cm³/mol. The van der Waals surface area contributed by atoms with Gasteiger partial charge >= 0.3 is 0 Å². The molecule has 1 aromatic carbocycles. The molecule has 0 atom stereocenters. The fourth-order valence-electron chi connectivity index (χ4n) is 1.31. The van der Waals surface area contributed by atoms with E-state index in [0.29, 0.717) is 0 Å². The van der Waals surface area contributed by atoms with Crippen molar-refractivity contribution in [2.75, 3.05) is 18.9 Å². The SMILES string of the molecule is CCOc1ccc(CNCCCS)cc1. The van der Waals surface area contributed by atoms with Crippen LogP contribution in [0.25, 0.3) is 0 Å². The van der Waals surface area contributed by atoms with Crippen LogP contribution in [0.15, 0.2) is 24.3 Å². The van der Waals surface area contributed by atoms with Gasteiger partial charge in [0.15, 0.2) is 0 Å². The van der Waals surface area contributed by atoms with Crippen molar-refractivity contribution < 1.29 is 4.74 Å². The van der Waals surface area contributed by atoms with Crippen LogP contribution in [0.3, 0.4) is 0 Å². The molecule has 1 N–H and O–H groups in total. The summed E-state index contributed by atoms with van der Waals surface area (Å²) in [6.45, 7) is 4.66. The summed E-state index contributed by atoms with van der Waals surface area (Å²) in [6, 6.07) is 8.22. The van der Waals surface area contributed by atoms with E-state index in [2.05, 4.69) is 30.1 Å². The second kappa shape index (κ2) is 7.60. The molecule has 0 fully saturated rings. The summed E-state index contributed by atoms with van der Waals surface area (Å²) >= 11 is 4.16. The lowest BCUT2D eigenvalue weighted by atomic mass is 10.2. The lowest BCUT2D eigenvalue weighted by Gasteiger charge is -2.06. The summed E-state index contributed by atoms with van der Waals surface area (Å²) in [6.07, 6.45) is 1.11. The molecule has 15 heavy (non-hydrogen) atoms. The lowest BCUT2D eigenvalue weighted by Crippen LogP contribution is -2.14. The highest BCUT2D eigenvalue weighted by Gasteiger charge is 1.94. The normalized spacial score (nSPS) is 10.3. The Balaban J connectivity index is 2.29. The van der Waals surface area contributed by atoms with Gasteiger partial charge in [-0.3, -0.25) is 0 Å². The molecule has 1 rings (SSSR count). The van der Waals surface area contributed by atoms with Gasteiger partial charge in [0, 0.05) is 6.54 Å². The molecule has 0 amide bonds. The van der Waals surface area contributed by atoms with Crippen LogP contribution >= 0.6 is 12.6 Å². The first kappa shape index (κ1) is 12.4. The Hall–Kier alpha value is -0.670. The number of rotatable bonds is 7. The van der Waals surface area contributed by atoms with Crippen LogP contribution in [0, 0.1) is 0 Å². The predicted octanol–water partition coefficient (Wildman–Crippen LogP) is 2.49. The molecule has 3 heteroatoms. The number of thiol groups is 1. The Bertz CT molecular complexity index is 261. The molecule has 0 saturated heterocycles. The fourth-order valence-corrected chi connectivity index (χ4v) is 1.47. The van der Waals surface area contributed by atoms with Crippen LogP contribution in [-0.4, -0.2) is 18.9 Å². The molecule has 0 aliphatic rings. The molecule has 0 aromatic heterocycles. The smallest absolute Gasteiger partial charge is 0.119 e. The summed E-state index contributed by atoms with van der Waals surface area (Å²) < 4.78 is 5.37. The average molecular weight is 225 g/mol. The Labute approximate surface area is 97.4 Å². The van der Waals surface area contributed by atoms with Crippen molar-refractivity contribution in [1.82, 2.24) is 5.32 Å². The molecule has 1 aromatic rings. The number of ether oxygens (including phenoxy) is 1. The van der Waals surface area contributed by atoms with Crippen molar-refractivity contribution in [3.8, 4) is 5.75 Å². The molecule has 0 saturated carbocycles. The van der Waals surface area contributed by atoms with Crippen LogP contribution in [0.5, 0.6) is 5.75 Å². The highest BCUT2D eigenvalue weighted by atomic mass is 32.1. The third kappa shape index (κ3) is 5.09. The second-order valence-electron chi connectivity index (χ2n) is 3.33. The van der Waals surface area contributed by atoms with E-state index in [1.807, 2.05) is 19.1 Å². The molecule has 0 spiro atoms. The third-order valence-electron chi connectivity index (χ3n) is 2.08. The summed E-state index contributed by atoms with van der Waals surface area (Å²) in [4.78, 5) is 0. The Morgan fingerprint density at radius 3 is 2.60 bits per heavy atom. The van der Waals surface area contributed by atoms with E-state index in [-0.39, 0.29) is 0 Å². The summed E-state index contributed by atoms with van der Waals surface area (Å²) in [5, 5.41) is 3.36. The van der Waals surface area contributed by atoms with Crippen molar-refractivity contribution in [3.05, 3.63) is 29.8 Å². The minimum atomic E-state index is 0.722. The van der Waals surface area contributed by atoms with Crippen molar-refractivity contribution in [2.24, 2.45) is 0 Å². The van der Waals surface area contributed by atoms with Gasteiger partial charge in [0.05, 0.1) is 6.61 Å². The maximum Gasteiger partial charge on any atom is 0.119 e. The van der Waals surface area contributed by atoms with E-state index in [4.69, 9.17) is 4.74 Å². The van der Waals surface area contributed by atoms with Crippen LogP contribution in [0.1, 0.15) is 18.9 Å². The van der Waals surface area contributed by atoms with Gasteiger partial charge in [0.2, 0.25) is 0 Å². The van der Waals surface area contributed by atoms with E-state index < -0.39 is 0 Å². The van der Waals surface area contributed by atoms with E-state index in [0.717, 1.165) is 37.6 Å². The van der Waals surface area contributed by atoms with Gasteiger partial charge in [-0.15, -0.1) is 0 Å². The first-order valence-corrected chi connectivity index (χ1v) is 6.03. The van der Waals surface area contributed by atoms with E-state index in [1.165, 1.54) is 5.56 Å². The van der Waals surface area contributed by atoms with Gasteiger partial charge in [-0.2, -0.15) is 12.6 Å². The van der Waals surface area contributed by atoms with Gasteiger partial charge < -0.3 is 10.1 Å². The largest absolute Gasteiger partial charge is 0.494 e. The summed E-state index contributed by atoms with van der Waals surface area (Å²) in [7, 11) is 0. The van der Waals surface area contributed by atoms with Crippen molar-refractivity contribution >= 4 is 12.6 Å². The van der Waals surface area contributed by atoms with Gasteiger partial charge in [-0.05, 0) is 43.3 Å². The highest BCUT2D eigenvalue weighted by Crippen LogP contribution is 2.11. The first-order valence-electron chi connectivity index (χ1n) is 5.40. The Morgan fingerprint density at radius 1 is 1.27 bits per heavy atom. The number of hydrogen-bond acceptors (Lipinski definition) is 3. The summed E-state index contributed by atoms with van der Waals surface area (Å²) in [5.74, 6) is 1.88. The molecule has 0 unspecified atom stereocenters. The van der Waals surface area contributed by atoms with E-state index >= 15 is 0 Å². The Kier molecular flexibility index (Phi) is 6.28. The molecular weight excluding hydrogens is 206 g/mol. The highest BCUT2D eigenvalue weighted by molar-refractivity contribution is 7.80. The number of hydrogen-bond donors (Lipinski definition) is 2. The molecule has 0 aliphatic carbocycles. The number of nitrogens with one attached hydrogen (secondary N) is 1. The number of benzene rings is 1. The maximum atomic E-state index is 5.37. The van der Waals surface area contributed by atoms with Gasteiger partial charge in [-0.25, -0.2) is 0 Å². The van der Waals surface area contributed by atoms with Crippen LogP contribution in [-0.2, 0) is 6.54 Å². The van der Waals surface area contributed by atoms with Crippen LogP contribution in [0.4, 0.5) is 0 Å². The molecular formula is C12H19NOS. The zero-order valence-corrected chi connectivity index (χ0v) is 10.1. The fraction of sp³-hybridized carbons (Fsp3) is 0.500. The summed E-state index contributed by atoms with van der Waals surface area (Å²) in [5.41, 5.74) is 1.29.